The van der Waals surface area contributed by atoms with Crippen LogP contribution in [0.2, 0.25) is 0 Å². The van der Waals surface area contributed by atoms with E-state index in [4.69, 9.17) is 5.84 Å². The summed E-state index contributed by atoms with van der Waals surface area (Å²) in [6, 6.07) is 2.86. The Labute approximate surface area is 118 Å². The molecule has 0 saturated heterocycles. The summed E-state index contributed by atoms with van der Waals surface area (Å²) in [7, 11) is 0. The highest BCUT2D eigenvalue weighted by Gasteiger charge is 2.15. The molecule has 8 heteroatoms. The van der Waals surface area contributed by atoms with E-state index in [-0.39, 0.29) is 11.5 Å². The van der Waals surface area contributed by atoms with Crippen LogP contribution in [0.5, 0.6) is 0 Å². The van der Waals surface area contributed by atoms with Crippen LogP contribution in [0.1, 0.15) is 20.3 Å². The Hall–Kier alpha value is -1.93. The molecule has 0 aromatic carbocycles. The van der Waals surface area contributed by atoms with Crippen molar-refractivity contribution in [1.29, 1.82) is 0 Å². The van der Waals surface area contributed by atoms with Crippen molar-refractivity contribution in [3.8, 4) is 0 Å². The predicted octanol–water partition coefficient (Wildman–Crippen LogP) is 1.42. The summed E-state index contributed by atoms with van der Waals surface area (Å²) in [6.45, 7) is 7.80. The van der Waals surface area contributed by atoms with E-state index >= 15 is 0 Å². The van der Waals surface area contributed by atoms with E-state index in [2.05, 4.69) is 34.5 Å². The molecule has 0 atom stereocenters. The Balaban J connectivity index is 2.59. The van der Waals surface area contributed by atoms with Crippen molar-refractivity contribution in [2.75, 3.05) is 36.9 Å². The van der Waals surface area contributed by atoms with E-state index in [1.165, 1.54) is 12.1 Å². The Morgan fingerprint density at radius 3 is 2.65 bits per heavy atom. The molecule has 0 amide bonds. The van der Waals surface area contributed by atoms with Crippen molar-refractivity contribution in [3.05, 3.63) is 22.2 Å². The minimum atomic E-state index is -0.458. The van der Waals surface area contributed by atoms with E-state index in [1.807, 2.05) is 0 Å². The van der Waals surface area contributed by atoms with E-state index in [9.17, 15) is 10.1 Å². The molecule has 112 valence electrons. The third-order valence-corrected chi connectivity index (χ3v) is 3.06. The van der Waals surface area contributed by atoms with E-state index in [0.29, 0.717) is 12.4 Å². The maximum Gasteiger partial charge on any atom is 0.311 e. The monoisotopic (exact) mass is 282 g/mol. The third-order valence-electron chi connectivity index (χ3n) is 3.06. The molecule has 0 saturated carbocycles. The lowest BCUT2D eigenvalue weighted by atomic mass is 10.3. The van der Waals surface area contributed by atoms with Gasteiger partial charge in [-0.25, -0.2) is 10.8 Å². The summed E-state index contributed by atoms with van der Waals surface area (Å²) in [6.07, 6.45) is 0.890. The van der Waals surface area contributed by atoms with Crippen LogP contribution in [0, 0.1) is 10.1 Å². The van der Waals surface area contributed by atoms with Gasteiger partial charge in [-0.2, -0.15) is 0 Å². The van der Waals surface area contributed by atoms with Gasteiger partial charge in [0.05, 0.1) is 4.92 Å². The smallest absolute Gasteiger partial charge is 0.311 e. The van der Waals surface area contributed by atoms with Gasteiger partial charge in [-0.3, -0.25) is 10.1 Å². The van der Waals surface area contributed by atoms with Crippen LogP contribution in [0.25, 0.3) is 0 Å². The Bertz CT molecular complexity index is 436. The van der Waals surface area contributed by atoms with Crippen LogP contribution in [-0.2, 0) is 0 Å². The number of aromatic nitrogens is 1. The first-order chi connectivity index (χ1) is 9.62. The molecule has 0 aliphatic rings. The van der Waals surface area contributed by atoms with Crippen LogP contribution in [-0.4, -0.2) is 41.0 Å². The van der Waals surface area contributed by atoms with Crippen molar-refractivity contribution >= 4 is 17.3 Å². The molecule has 0 aliphatic carbocycles. The molecule has 8 nitrogen and oxygen atoms in total. The first-order valence-corrected chi connectivity index (χ1v) is 6.70. The van der Waals surface area contributed by atoms with Gasteiger partial charge in [0.1, 0.15) is 5.82 Å². The Kier molecular flexibility index (Phi) is 6.68. The van der Waals surface area contributed by atoms with Crippen molar-refractivity contribution in [1.82, 2.24) is 9.88 Å². The molecule has 4 N–H and O–H groups in total. The molecule has 1 rings (SSSR count). The van der Waals surface area contributed by atoms with Gasteiger partial charge in [-0.1, -0.05) is 13.8 Å². The number of nitrogens with zero attached hydrogens (tertiary/aromatic N) is 3. The number of nitro groups is 1. The second kappa shape index (κ2) is 8.28. The van der Waals surface area contributed by atoms with Gasteiger partial charge in [0.25, 0.3) is 0 Å². The Morgan fingerprint density at radius 1 is 1.40 bits per heavy atom. The molecule has 1 aromatic rings. The molecule has 0 aliphatic heterocycles. The van der Waals surface area contributed by atoms with Gasteiger partial charge in [-0.15, -0.1) is 0 Å². The number of nitrogens with one attached hydrogen (secondary N) is 2. The topological polar surface area (TPSA) is 109 Å². The average Bonchev–Trinajstić information content (AvgIpc) is 2.47. The van der Waals surface area contributed by atoms with Gasteiger partial charge in [-0.05, 0) is 32.1 Å². The lowest BCUT2D eigenvalue weighted by Gasteiger charge is -2.17. The summed E-state index contributed by atoms with van der Waals surface area (Å²) < 4.78 is 0. The first-order valence-electron chi connectivity index (χ1n) is 6.70. The van der Waals surface area contributed by atoms with Crippen LogP contribution in [0.3, 0.4) is 0 Å². The van der Waals surface area contributed by atoms with Crippen LogP contribution in [0.15, 0.2) is 12.1 Å². The highest BCUT2D eigenvalue weighted by molar-refractivity contribution is 5.59. The third kappa shape index (κ3) is 4.63. The Morgan fingerprint density at radius 2 is 2.10 bits per heavy atom. The molecule has 0 fully saturated rings. The summed E-state index contributed by atoms with van der Waals surface area (Å²) in [4.78, 5) is 16.8. The number of hydrogen-bond donors (Lipinski definition) is 3. The highest BCUT2D eigenvalue weighted by Crippen LogP contribution is 2.23. The molecule has 0 bridgehead atoms. The van der Waals surface area contributed by atoms with Crippen molar-refractivity contribution in [2.45, 2.75) is 20.3 Å². The number of pyridine rings is 1. The maximum atomic E-state index is 10.9. The highest BCUT2D eigenvalue weighted by atomic mass is 16.6. The number of rotatable bonds is 9. The fourth-order valence-electron chi connectivity index (χ4n) is 1.86. The van der Waals surface area contributed by atoms with Gasteiger partial charge in [0, 0.05) is 12.6 Å². The lowest BCUT2D eigenvalue weighted by molar-refractivity contribution is -0.384. The molecule has 1 aromatic heterocycles. The molecule has 0 spiro atoms. The minimum absolute atomic E-state index is 0.0492. The van der Waals surface area contributed by atoms with Gasteiger partial charge < -0.3 is 15.6 Å². The van der Waals surface area contributed by atoms with Gasteiger partial charge in [0.2, 0.25) is 5.82 Å². The zero-order valence-electron chi connectivity index (χ0n) is 11.9. The molecular formula is C12H22N6O2. The molecular weight excluding hydrogens is 260 g/mol. The van der Waals surface area contributed by atoms with Crippen LogP contribution >= 0.6 is 0 Å². The summed E-state index contributed by atoms with van der Waals surface area (Å²) in [5.74, 6) is 5.89. The average molecular weight is 282 g/mol. The predicted molar refractivity (Wildman–Crippen MR) is 79.6 cm³/mol. The zero-order chi connectivity index (χ0) is 15.0. The first kappa shape index (κ1) is 16.1. The lowest BCUT2D eigenvalue weighted by Crippen LogP contribution is -2.25. The second-order valence-electron chi connectivity index (χ2n) is 4.27. The quantitative estimate of drug-likeness (QED) is 0.272. The minimum Gasteiger partial charge on any atom is -0.364 e. The molecule has 0 unspecified atom stereocenters. The van der Waals surface area contributed by atoms with E-state index in [1.54, 1.807) is 0 Å². The largest absolute Gasteiger partial charge is 0.364 e. The fourth-order valence-corrected chi connectivity index (χ4v) is 1.86. The summed E-state index contributed by atoms with van der Waals surface area (Å²) >= 11 is 0. The maximum absolute atomic E-state index is 10.9. The van der Waals surface area contributed by atoms with Crippen molar-refractivity contribution in [3.63, 3.8) is 0 Å². The second-order valence-corrected chi connectivity index (χ2v) is 4.27. The van der Waals surface area contributed by atoms with Crippen LogP contribution in [0.4, 0.5) is 17.3 Å². The molecule has 20 heavy (non-hydrogen) atoms. The number of nitrogen functional groups attached to an aromatic ring is 1. The SMILES string of the molecule is CCN(CC)CCCNc1nc(NN)ccc1[N+](=O)[O-]. The molecule has 0 radical (unpaired) electrons. The number of hydrogen-bond acceptors (Lipinski definition) is 7. The summed E-state index contributed by atoms with van der Waals surface area (Å²) in [5, 5.41) is 13.9. The van der Waals surface area contributed by atoms with Crippen molar-refractivity contribution < 1.29 is 4.92 Å². The number of nitrogens with two attached hydrogens (primary N) is 1. The molecule has 1 heterocycles. The van der Waals surface area contributed by atoms with Crippen LogP contribution < -0.4 is 16.6 Å². The standard InChI is InChI=1S/C12H22N6O2/c1-3-17(4-2)9-5-8-14-12-10(18(19)20)6-7-11(15-12)16-13/h6-7H,3-5,8-9,13H2,1-2H3,(H2,14,15,16). The van der Waals surface area contributed by atoms with E-state index in [0.717, 1.165) is 26.1 Å². The van der Waals surface area contributed by atoms with Gasteiger partial charge in [0.15, 0.2) is 0 Å². The van der Waals surface area contributed by atoms with Gasteiger partial charge >= 0.3 is 5.69 Å². The fraction of sp³-hybridized carbons (Fsp3) is 0.583. The number of hydrazine groups is 1. The van der Waals surface area contributed by atoms with E-state index < -0.39 is 4.92 Å². The number of anilines is 2. The van der Waals surface area contributed by atoms with Crippen molar-refractivity contribution in [2.24, 2.45) is 5.84 Å². The summed E-state index contributed by atoms with van der Waals surface area (Å²) in [5.41, 5.74) is 2.33. The normalized spacial score (nSPS) is 10.6. The zero-order valence-corrected chi connectivity index (χ0v) is 11.9.